The van der Waals surface area contributed by atoms with Crippen LogP contribution in [0.15, 0.2) is 84.2 Å². The predicted octanol–water partition coefficient (Wildman–Crippen LogP) is 4.63. The van der Waals surface area contributed by atoms with Crippen LogP contribution in [0.5, 0.6) is 5.75 Å². The van der Waals surface area contributed by atoms with Gasteiger partial charge in [0.25, 0.3) is 0 Å². The third-order valence-corrected chi connectivity index (χ3v) is 9.53. The van der Waals surface area contributed by atoms with E-state index in [1.54, 1.807) is 28.8 Å². The van der Waals surface area contributed by atoms with Crippen molar-refractivity contribution >= 4 is 11.4 Å². The normalized spacial score (nSPS) is 20.0. The van der Waals surface area contributed by atoms with E-state index in [-0.39, 0.29) is 36.9 Å². The minimum absolute atomic E-state index is 0.0852. The maximum Gasteiger partial charge on any atom is 0.350 e. The smallest absolute Gasteiger partial charge is 0.350 e. The molecule has 262 valence electrons. The zero-order valence-corrected chi connectivity index (χ0v) is 28.3. The molecule has 2 saturated heterocycles. The molecule has 2 aromatic heterocycles. The quantitative estimate of drug-likeness (QED) is 0.197. The summed E-state index contributed by atoms with van der Waals surface area (Å²) in [7, 11) is 1.78. The fraction of sp³-hybridized carbons (Fsp3) is 0.389. The van der Waals surface area contributed by atoms with E-state index in [4.69, 9.17) is 14.2 Å². The van der Waals surface area contributed by atoms with Gasteiger partial charge in [0.15, 0.2) is 0 Å². The molecule has 0 spiro atoms. The third kappa shape index (κ3) is 6.72. The van der Waals surface area contributed by atoms with E-state index in [1.165, 1.54) is 16.8 Å². The number of rotatable bonds is 11. The van der Waals surface area contributed by atoms with Crippen molar-refractivity contribution in [3.63, 3.8) is 0 Å². The monoisotopic (exact) mass is 686 g/mol. The molecule has 0 amide bonds. The molecule has 4 heterocycles. The van der Waals surface area contributed by atoms with E-state index >= 15 is 0 Å². The number of hydrogen-bond donors (Lipinski definition) is 0. The number of aryl methyl sites for hydroxylation is 1. The topological polar surface area (TPSA) is 105 Å². The molecular formula is C36H40F2N8O4. The van der Waals surface area contributed by atoms with Crippen molar-refractivity contribution in [1.82, 2.24) is 29.1 Å². The van der Waals surface area contributed by atoms with Gasteiger partial charge in [-0.05, 0) is 74.0 Å². The van der Waals surface area contributed by atoms with Crippen LogP contribution in [0.3, 0.4) is 0 Å². The van der Waals surface area contributed by atoms with Gasteiger partial charge in [-0.3, -0.25) is 4.57 Å². The van der Waals surface area contributed by atoms with Gasteiger partial charge in [-0.2, -0.15) is 9.78 Å². The highest BCUT2D eigenvalue weighted by atomic mass is 19.1. The SMILES string of the molecule is CCC(C)n1cnn(-c2ccc(N3CCN(c4ccc(OCC5COC(Cc6nncn6C)(c6ccc(F)cc6F)O5)cc4)CC3)cc2)c1=O. The van der Waals surface area contributed by atoms with Crippen LogP contribution in [0.2, 0.25) is 0 Å². The first-order valence-electron chi connectivity index (χ1n) is 16.8. The van der Waals surface area contributed by atoms with Crippen LogP contribution in [-0.2, 0) is 28.7 Å². The molecule has 0 bridgehead atoms. The standard InChI is InChI=1S/C36H40F2N8O4/c1-4-25(2)45-24-40-46(35(45)47)29-8-6-27(7-9-29)43-15-17-44(18-16-43)28-10-12-30(13-11-28)48-21-31-22-49-36(50-31,20-34-41-39-23-42(34)3)32-14-5-26(37)19-33(32)38/h5-14,19,23-25,31H,4,15-18,20-22H2,1-3H3. The van der Waals surface area contributed by atoms with E-state index in [0.717, 1.165) is 55.7 Å². The first-order valence-corrected chi connectivity index (χ1v) is 16.8. The summed E-state index contributed by atoms with van der Waals surface area (Å²) in [5, 5.41) is 12.3. The van der Waals surface area contributed by atoms with Gasteiger partial charge in [0.05, 0.1) is 18.7 Å². The summed E-state index contributed by atoms with van der Waals surface area (Å²) in [4.78, 5) is 17.5. The second-order valence-corrected chi connectivity index (χ2v) is 12.7. The van der Waals surface area contributed by atoms with Crippen LogP contribution >= 0.6 is 0 Å². The highest BCUT2D eigenvalue weighted by Gasteiger charge is 2.46. The van der Waals surface area contributed by atoms with Crippen LogP contribution in [0.25, 0.3) is 5.69 Å². The Morgan fingerprint density at radius 3 is 2.22 bits per heavy atom. The molecule has 12 nitrogen and oxygen atoms in total. The number of anilines is 2. The first-order chi connectivity index (χ1) is 24.2. The Morgan fingerprint density at radius 1 is 0.940 bits per heavy atom. The lowest BCUT2D eigenvalue weighted by Crippen LogP contribution is -2.46. The van der Waals surface area contributed by atoms with Crippen molar-refractivity contribution in [2.75, 3.05) is 49.2 Å². The average Bonchev–Trinajstić information content (AvgIpc) is 3.86. The van der Waals surface area contributed by atoms with E-state index < -0.39 is 23.5 Å². The van der Waals surface area contributed by atoms with Gasteiger partial charge in [0, 0.05) is 62.3 Å². The molecule has 2 aliphatic rings. The Hall–Kier alpha value is -5.08. The predicted molar refractivity (Wildman–Crippen MR) is 183 cm³/mol. The highest BCUT2D eigenvalue weighted by molar-refractivity contribution is 5.54. The second kappa shape index (κ2) is 14.0. The van der Waals surface area contributed by atoms with Crippen LogP contribution in [0.1, 0.15) is 37.7 Å². The minimum Gasteiger partial charge on any atom is -0.491 e. The second-order valence-electron chi connectivity index (χ2n) is 12.7. The van der Waals surface area contributed by atoms with Gasteiger partial charge >= 0.3 is 5.69 Å². The minimum atomic E-state index is -1.50. The molecule has 50 heavy (non-hydrogen) atoms. The summed E-state index contributed by atoms with van der Waals surface area (Å²) in [6.45, 7) is 7.79. The van der Waals surface area contributed by atoms with Crippen LogP contribution in [-0.4, -0.2) is 74.6 Å². The molecule has 0 N–H and O–H groups in total. The average molecular weight is 687 g/mol. The van der Waals surface area contributed by atoms with E-state index in [1.807, 2.05) is 62.4 Å². The Labute approximate surface area is 288 Å². The molecule has 0 saturated carbocycles. The van der Waals surface area contributed by atoms with Gasteiger partial charge in [-0.25, -0.2) is 13.6 Å². The number of aromatic nitrogens is 6. The van der Waals surface area contributed by atoms with Gasteiger partial charge in [0.1, 0.15) is 48.6 Å². The van der Waals surface area contributed by atoms with Crippen molar-refractivity contribution in [2.24, 2.45) is 7.05 Å². The van der Waals surface area contributed by atoms with Crippen molar-refractivity contribution in [1.29, 1.82) is 0 Å². The number of nitrogens with zero attached hydrogens (tertiary/aromatic N) is 8. The number of piperazine rings is 1. The first kappa shape index (κ1) is 33.4. The molecule has 0 aliphatic carbocycles. The van der Waals surface area contributed by atoms with Gasteiger partial charge in [-0.1, -0.05) is 6.92 Å². The summed E-state index contributed by atoms with van der Waals surface area (Å²) in [5.74, 6) is -1.75. The summed E-state index contributed by atoms with van der Waals surface area (Å²) in [5.41, 5.74) is 2.91. The molecule has 0 radical (unpaired) electrons. The van der Waals surface area contributed by atoms with Crippen molar-refractivity contribution in [3.05, 3.63) is 113 Å². The lowest BCUT2D eigenvalue weighted by atomic mass is 10.0. The molecule has 14 heteroatoms. The Morgan fingerprint density at radius 2 is 1.60 bits per heavy atom. The van der Waals surface area contributed by atoms with Crippen molar-refractivity contribution in [2.45, 2.75) is 44.6 Å². The Bertz CT molecular complexity index is 1970. The zero-order valence-electron chi connectivity index (χ0n) is 28.3. The third-order valence-electron chi connectivity index (χ3n) is 9.53. The number of ether oxygens (including phenoxy) is 3. The fourth-order valence-electron chi connectivity index (χ4n) is 6.41. The summed E-state index contributed by atoms with van der Waals surface area (Å²) in [6, 6.07) is 19.3. The maximum absolute atomic E-state index is 15.0. The number of halogens is 2. The fourth-order valence-corrected chi connectivity index (χ4v) is 6.41. The van der Waals surface area contributed by atoms with Gasteiger partial charge in [-0.15, -0.1) is 10.2 Å². The van der Waals surface area contributed by atoms with Gasteiger partial charge < -0.3 is 28.6 Å². The molecule has 7 rings (SSSR count). The Balaban J connectivity index is 0.932. The molecular weight excluding hydrogens is 646 g/mol. The lowest BCUT2D eigenvalue weighted by molar-refractivity contribution is -0.181. The molecule has 3 atom stereocenters. The maximum atomic E-state index is 15.0. The highest BCUT2D eigenvalue weighted by Crippen LogP contribution is 2.39. The molecule has 5 aromatic rings. The summed E-state index contributed by atoms with van der Waals surface area (Å²) >= 11 is 0. The molecule has 2 aliphatic heterocycles. The van der Waals surface area contributed by atoms with Crippen LogP contribution < -0.4 is 20.2 Å². The van der Waals surface area contributed by atoms with E-state index in [9.17, 15) is 13.6 Å². The molecule has 3 unspecified atom stereocenters. The Kier molecular flexibility index (Phi) is 9.38. The van der Waals surface area contributed by atoms with Crippen LogP contribution in [0.4, 0.5) is 20.2 Å². The van der Waals surface area contributed by atoms with Gasteiger partial charge in [0.2, 0.25) is 5.79 Å². The van der Waals surface area contributed by atoms with E-state index in [0.29, 0.717) is 11.6 Å². The van der Waals surface area contributed by atoms with Crippen molar-refractivity contribution < 1.29 is 23.0 Å². The number of benzene rings is 3. The van der Waals surface area contributed by atoms with Crippen molar-refractivity contribution in [3.8, 4) is 11.4 Å². The summed E-state index contributed by atoms with van der Waals surface area (Å²) in [6.07, 6.45) is 3.59. The van der Waals surface area contributed by atoms with E-state index in [2.05, 4.69) is 25.1 Å². The molecule has 3 aromatic carbocycles. The summed E-state index contributed by atoms with van der Waals surface area (Å²) < 4.78 is 52.0. The van der Waals surface area contributed by atoms with Crippen LogP contribution in [0, 0.1) is 11.6 Å². The number of hydrogen-bond acceptors (Lipinski definition) is 9. The zero-order chi connectivity index (χ0) is 34.8. The molecule has 2 fully saturated rings. The largest absolute Gasteiger partial charge is 0.491 e. The lowest BCUT2D eigenvalue weighted by Gasteiger charge is -2.37.